The molecule has 1 aliphatic heterocycles. The predicted molar refractivity (Wildman–Crippen MR) is 55.9 cm³/mol. The van der Waals surface area contributed by atoms with Gasteiger partial charge in [0.05, 0.1) is 6.61 Å². The predicted octanol–water partition coefficient (Wildman–Crippen LogP) is 2.00. The Hall–Kier alpha value is -0.0800. The summed E-state index contributed by atoms with van der Waals surface area (Å²) in [5.41, 5.74) is 0. The van der Waals surface area contributed by atoms with Gasteiger partial charge in [-0.2, -0.15) is 0 Å². The zero-order valence-corrected chi connectivity index (χ0v) is 9.25. The molecule has 1 heterocycles. The van der Waals surface area contributed by atoms with Crippen molar-refractivity contribution in [2.75, 3.05) is 32.8 Å². The van der Waals surface area contributed by atoms with Crippen molar-refractivity contribution in [3.63, 3.8) is 0 Å². The second kappa shape index (κ2) is 5.61. The van der Waals surface area contributed by atoms with E-state index in [1.54, 1.807) is 0 Å². The lowest BCUT2D eigenvalue weighted by molar-refractivity contribution is 0.00681. The lowest BCUT2D eigenvalue weighted by atomic mass is 10.0. The average molecular weight is 185 g/mol. The third-order valence-electron chi connectivity index (χ3n) is 2.38. The lowest BCUT2D eigenvalue weighted by Gasteiger charge is -2.39. The van der Waals surface area contributed by atoms with Crippen LogP contribution >= 0.6 is 0 Å². The summed E-state index contributed by atoms with van der Waals surface area (Å²) in [7, 11) is 0. The molecule has 0 spiro atoms. The van der Waals surface area contributed by atoms with Crippen molar-refractivity contribution in [1.29, 1.82) is 0 Å². The van der Waals surface area contributed by atoms with Gasteiger partial charge in [0.2, 0.25) is 0 Å². The third-order valence-corrected chi connectivity index (χ3v) is 2.38. The Morgan fingerprint density at radius 1 is 1.38 bits per heavy atom. The minimum atomic E-state index is 0.673. The Morgan fingerprint density at radius 3 is 2.62 bits per heavy atom. The SMILES string of the molecule is CCCN1CC(COCC(C)C)C1. The van der Waals surface area contributed by atoms with Crippen LogP contribution in [0.4, 0.5) is 0 Å². The molecule has 2 nitrogen and oxygen atoms in total. The van der Waals surface area contributed by atoms with Gasteiger partial charge in [-0.25, -0.2) is 0 Å². The topological polar surface area (TPSA) is 12.5 Å². The summed E-state index contributed by atoms with van der Waals surface area (Å²) < 4.78 is 5.60. The molecule has 2 heteroatoms. The Bertz CT molecular complexity index is 130. The van der Waals surface area contributed by atoms with Crippen LogP contribution in [-0.2, 0) is 4.74 Å². The minimum absolute atomic E-state index is 0.673. The van der Waals surface area contributed by atoms with E-state index in [-0.39, 0.29) is 0 Å². The van der Waals surface area contributed by atoms with Gasteiger partial charge in [-0.3, -0.25) is 0 Å². The maximum atomic E-state index is 5.60. The summed E-state index contributed by atoms with van der Waals surface area (Å²) >= 11 is 0. The molecule has 0 N–H and O–H groups in total. The highest BCUT2D eigenvalue weighted by Crippen LogP contribution is 2.15. The molecule has 0 aromatic carbocycles. The average Bonchev–Trinajstić information content (AvgIpc) is 1.99. The molecule has 0 radical (unpaired) electrons. The molecule has 0 aromatic heterocycles. The Balaban J connectivity index is 1.90. The van der Waals surface area contributed by atoms with Crippen molar-refractivity contribution in [1.82, 2.24) is 4.90 Å². The van der Waals surface area contributed by atoms with Crippen molar-refractivity contribution >= 4 is 0 Å². The second-order valence-corrected chi connectivity index (χ2v) is 4.56. The van der Waals surface area contributed by atoms with Crippen LogP contribution in [0.15, 0.2) is 0 Å². The highest BCUT2D eigenvalue weighted by molar-refractivity contribution is 4.78. The van der Waals surface area contributed by atoms with E-state index in [0.717, 1.165) is 19.1 Å². The highest BCUT2D eigenvalue weighted by atomic mass is 16.5. The number of hydrogen-bond donors (Lipinski definition) is 0. The summed E-state index contributed by atoms with van der Waals surface area (Å²) in [6.45, 7) is 12.3. The highest BCUT2D eigenvalue weighted by Gasteiger charge is 2.25. The molecule has 1 aliphatic rings. The van der Waals surface area contributed by atoms with E-state index in [0.29, 0.717) is 5.92 Å². The Kier molecular flexibility index (Phi) is 4.74. The fourth-order valence-electron chi connectivity index (χ4n) is 1.75. The number of nitrogens with zero attached hydrogens (tertiary/aromatic N) is 1. The monoisotopic (exact) mass is 185 g/mol. The summed E-state index contributed by atoms with van der Waals surface area (Å²) in [6.07, 6.45) is 1.28. The van der Waals surface area contributed by atoms with Gasteiger partial charge < -0.3 is 9.64 Å². The molecule has 78 valence electrons. The van der Waals surface area contributed by atoms with Gasteiger partial charge in [-0.1, -0.05) is 20.8 Å². The zero-order chi connectivity index (χ0) is 9.68. The quantitative estimate of drug-likeness (QED) is 0.627. The van der Waals surface area contributed by atoms with Crippen LogP contribution in [0, 0.1) is 11.8 Å². The summed E-state index contributed by atoms with van der Waals surface area (Å²) in [5.74, 6) is 1.48. The number of likely N-dealkylation sites (tertiary alicyclic amines) is 1. The van der Waals surface area contributed by atoms with Crippen molar-refractivity contribution in [3.8, 4) is 0 Å². The normalized spacial score (nSPS) is 19.4. The molecule has 13 heavy (non-hydrogen) atoms. The van der Waals surface area contributed by atoms with E-state index in [1.807, 2.05) is 0 Å². The Morgan fingerprint density at radius 2 is 2.08 bits per heavy atom. The molecule has 0 saturated carbocycles. The van der Waals surface area contributed by atoms with Gasteiger partial charge in [0.15, 0.2) is 0 Å². The van der Waals surface area contributed by atoms with Crippen LogP contribution in [0.25, 0.3) is 0 Å². The van der Waals surface area contributed by atoms with Gasteiger partial charge in [-0.05, 0) is 18.9 Å². The van der Waals surface area contributed by atoms with Crippen LogP contribution in [0.2, 0.25) is 0 Å². The summed E-state index contributed by atoms with van der Waals surface area (Å²) in [5, 5.41) is 0. The third kappa shape index (κ3) is 4.10. The number of rotatable bonds is 6. The van der Waals surface area contributed by atoms with E-state index >= 15 is 0 Å². The van der Waals surface area contributed by atoms with Gasteiger partial charge in [0.25, 0.3) is 0 Å². The van der Waals surface area contributed by atoms with Crippen molar-refractivity contribution in [3.05, 3.63) is 0 Å². The molecule has 0 unspecified atom stereocenters. The van der Waals surface area contributed by atoms with Gasteiger partial charge in [0, 0.05) is 25.6 Å². The smallest absolute Gasteiger partial charge is 0.0518 e. The largest absolute Gasteiger partial charge is 0.381 e. The molecule has 0 amide bonds. The second-order valence-electron chi connectivity index (χ2n) is 4.56. The number of hydrogen-bond acceptors (Lipinski definition) is 2. The van der Waals surface area contributed by atoms with E-state index in [1.165, 1.54) is 26.1 Å². The van der Waals surface area contributed by atoms with Crippen molar-refractivity contribution < 1.29 is 4.74 Å². The summed E-state index contributed by atoms with van der Waals surface area (Å²) in [6, 6.07) is 0. The van der Waals surface area contributed by atoms with Crippen molar-refractivity contribution in [2.45, 2.75) is 27.2 Å². The standard InChI is InChI=1S/C11H23NO/c1-4-5-12-6-11(7-12)9-13-8-10(2)3/h10-11H,4-9H2,1-3H3. The van der Waals surface area contributed by atoms with Crippen LogP contribution in [0.3, 0.4) is 0 Å². The molecular formula is C11H23NO. The number of ether oxygens (including phenoxy) is 1. The van der Waals surface area contributed by atoms with Crippen LogP contribution < -0.4 is 0 Å². The van der Waals surface area contributed by atoms with E-state index in [2.05, 4.69) is 25.7 Å². The zero-order valence-electron chi connectivity index (χ0n) is 9.25. The fourth-order valence-corrected chi connectivity index (χ4v) is 1.75. The summed E-state index contributed by atoms with van der Waals surface area (Å²) in [4.78, 5) is 2.50. The van der Waals surface area contributed by atoms with Gasteiger partial charge >= 0.3 is 0 Å². The van der Waals surface area contributed by atoms with E-state index in [4.69, 9.17) is 4.74 Å². The molecule has 0 atom stereocenters. The van der Waals surface area contributed by atoms with E-state index < -0.39 is 0 Å². The van der Waals surface area contributed by atoms with Crippen LogP contribution in [0.5, 0.6) is 0 Å². The lowest BCUT2D eigenvalue weighted by Crippen LogP contribution is -2.48. The first-order chi connectivity index (χ1) is 6.22. The van der Waals surface area contributed by atoms with Crippen LogP contribution in [-0.4, -0.2) is 37.7 Å². The van der Waals surface area contributed by atoms with Gasteiger partial charge in [0.1, 0.15) is 0 Å². The van der Waals surface area contributed by atoms with E-state index in [9.17, 15) is 0 Å². The molecule has 1 fully saturated rings. The van der Waals surface area contributed by atoms with Gasteiger partial charge in [-0.15, -0.1) is 0 Å². The molecule has 0 aliphatic carbocycles. The first kappa shape index (κ1) is 11.0. The minimum Gasteiger partial charge on any atom is -0.381 e. The maximum Gasteiger partial charge on any atom is 0.0518 e. The fraction of sp³-hybridized carbons (Fsp3) is 1.00. The Labute approximate surface area is 82.3 Å². The molecule has 0 aromatic rings. The molecule has 1 saturated heterocycles. The maximum absolute atomic E-state index is 5.60. The van der Waals surface area contributed by atoms with Crippen molar-refractivity contribution in [2.24, 2.45) is 11.8 Å². The molecule has 1 rings (SSSR count). The molecule has 0 bridgehead atoms. The van der Waals surface area contributed by atoms with Crippen LogP contribution in [0.1, 0.15) is 27.2 Å². The first-order valence-electron chi connectivity index (χ1n) is 5.52. The first-order valence-corrected chi connectivity index (χ1v) is 5.52. The molecular weight excluding hydrogens is 162 g/mol.